The van der Waals surface area contributed by atoms with E-state index in [0.717, 1.165) is 37.1 Å². The lowest BCUT2D eigenvalue weighted by molar-refractivity contribution is -0.119. The van der Waals surface area contributed by atoms with Gasteiger partial charge in [0.25, 0.3) is 0 Å². The number of fused-ring (bicyclic) bond motifs is 1. The van der Waals surface area contributed by atoms with E-state index in [1.54, 1.807) is 13.0 Å². The average Bonchev–Trinajstić information content (AvgIpc) is 3.16. The van der Waals surface area contributed by atoms with Gasteiger partial charge in [-0.05, 0) is 49.9 Å². The van der Waals surface area contributed by atoms with Crippen molar-refractivity contribution >= 4 is 29.0 Å². The zero-order valence-electron chi connectivity index (χ0n) is 10.9. The summed E-state index contributed by atoms with van der Waals surface area (Å²) >= 11 is 5.83. The first-order chi connectivity index (χ1) is 9.08. The van der Waals surface area contributed by atoms with E-state index in [0.29, 0.717) is 5.56 Å². The third-order valence-corrected chi connectivity index (χ3v) is 4.01. The fourth-order valence-electron chi connectivity index (χ4n) is 2.56. The summed E-state index contributed by atoms with van der Waals surface area (Å²) < 4.78 is 0. The Kier molecular flexibility index (Phi) is 3.09. The van der Waals surface area contributed by atoms with Crippen LogP contribution in [0.1, 0.15) is 35.7 Å². The van der Waals surface area contributed by atoms with Gasteiger partial charge in [0.1, 0.15) is 0 Å². The minimum atomic E-state index is -0.511. The molecular weight excluding hydrogens is 262 g/mol. The van der Waals surface area contributed by atoms with E-state index >= 15 is 0 Å². The number of ketones is 1. The maximum absolute atomic E-state index is 12.1. The van der Waals surface area contributed by atoms with Crippen LogP contribution in [0.4, 0.5) is 5.69 Å². The smallest absolute Gasteiger partial charge is 0.230 e. The van der Waals surface area contributed by atoms with Crippen LogP contribution in [0.25, 0.3) is 0 Å². The van der Waals surface area contributed by atoms with Crippen molar-refractivity contribution in [3.63, 3.8) is 0 Å². The number of hydrogen-bond acceptors (Lipinski definition) is 2. The van der Waals surface area contributed by atoms with Gasteiger partial charge in [0.2, 0.25) is 5.91 Å². The molecule has 0 bridgehead atoms. The summed E-state index contributed by atoms with van der Waals surface area (Å²) in [6, 6.07) is 5.55. The van der Waals surface area contributed by atoms with E-state index < -0.39 is 5.38 Å². The molecule has 1 aliphatic carbocycles. The van der Waals surface area contributed by atoms with Crippen LogP contribution in [0.5, 0.6) is 0 Å². The number of halogens is 1. The Morgan fingerprint density at radius 1 is 1.37 bits per heavy atom. The SMILES string of the molecule is CC(Cl)C(=O)c1ccc2c(c1)CCN2C(=O)C1CC1. The van der Waals surface area contributed by atoms with Crippen molar-refractivity contribution in [1.29, 1.82) is 0 Å². The van der Waals surface area contributed by atoms with Gasteiger partial charge >= 0.3 is 0 Å². The molecule has 0 spiro atoms. The van der Waals surface area contributed by atoms with Crippen LogP contribution >= 0.6 is 11.6 Å². The average molecular weight is 278 g/mol. The molecule has 19 heavy (non-hydrogen) atoms. The second-order valence-electron chi connectivity index (χ2n) is 5.34. The highest BCUT2D eigenvalue weighted by molar-refractivity contribution is 6.33. The number of benzene rings is 1. The maximum Gasteiger partial charge on any atom is 0.230 e. The molecule has 3 nitrogen and oxygen atoms in total. The van der Waals surface area contributed by atoms with Crippen LogP contribution in [-0.4, -0.2) is 23.6 Å². The van der Waals surface area contributed by atoms with Crippen molar-refractivity contribution < 1.29 is 9.59 Å². The van der Waals surface area contributed by atoms with Gasteiger partial charge in [0, 0.05) is 23.7 Å². The summed E-state index contributed by atoms with van der Waals surface area (Å²) in [5.74, 6) is 0.412. The number of alkyl halides is 1. The van der Waals surface area contributed by atoms with Crippen molar-refractivity contribution in [3.05, 3.63) is 29.3 Å². The van der Waals surface area contributed by atoms with Crippen LogP contribution in [0.3, 0.4) is 0 Å². The van der Waals surface area contributed by atoms with Gasteiger partial charge in [0.05, 0.1) is 5.38 Å². The van der Waals surface area contributed by atoms with E-state index in [1.165, 1.54) is 0 Å². The van der Waals surface area contributed by atoms with E-state index in [2.05, 4.69) is 0 Å². The molecule has 1 saturated carbocycles. The molecule has 0 N–H and O–H groups in total. The summed E-state index contributed by atoms with van der Waals surface area (Å²) in [6.07, 6.45) is 2.86. The molecule has 0 radical (unpaired) electrons. The second-order valence-corrected chi connectivity index (χ2v) is 5.99. The summed E-state index contributed by atoms with van der Waals surface area (Å²) in [5, 5.41) is -0.511. The second kappa shape index (κ2) is 4.64. The van der Waals surface area contributed by atoms with Crippen molar-refractivity contribution in [2.75, 3.05) is 11.4 Å². The van der Waals surface area contributed by atoms with Crippen LogP contribution in [-0.2, 0) is 11.2 Å². The third kappa shape index (κ3) is 2.27. The Morgan fingerprint density at radius 2 is 2.11 bits per heavy atom. The van der Waals surface area contributed by atoms with Gasteiger partial charge in [-0.25, -0.2) is 0 Å². The molecule has 3 rings (SSSR count). The highest BCUT2D eigenvalue weighted by Crippen LogP contribution is 2.36. The lowest BCUT2D eigenvalue weighted by Crippen LogP contribution is -2.30. The number of nitrogens with zero attached hydrogens (tertiary/aromatic N) is 1. The Bertz CT molecular complexity index is 549. The summed E-state index contributed by atoms with van der Waals surface area (Å²) in [4.78, 5) is 25.9. The molecule has 1 aromatic rings. The molecule has 0 aromatic heterocycles. The molecule has 1 aromatic carbocycles. The predicted octanol–water partition coefficient (Wildman–Crippen LogP) is 2.80. The van der Waals surface area contributed by atoms with E-state index in [1.807, 2.05) is 17.0 Å². The van der Waals surface area contributed by atoms with E-state index in [9.17, 15) is 9.59 Å². The molecule has 100 valence electrons. The fraction of sp³-hybridized carbons (Fsp3) is 0.467. The number of amides is 1. The van der Waals surface area contributed by atoms with Crippen LogP contribution in [0.15, 0.2) is 18.2 Å². The van der Waals surface area contributed by atoms with Crippen LogP contribution in [0.2, 0.25) is 0 Å². The number of rotatable bonds is 3. The minimum absolute atomic E-state index is 0.0589. The van der Waals surface area contributed by atoms with Crippen molar-refractivity contribution in [1.82, 2.24) is 0 Å². The number of anilines is 1. The Hall–Kier alpha value is -1.35. The van der Waals surface area contributed by atoms with Gasteiger partial charge in [0.15, 0.2) is 5.78 Å². The summed E-state index contributed by atoms with van der Waals surface area (Å²) in [6.45, 7) is 2.42. The molecule has 1 fully saturated rings. The van der Waals surface area contributed by atoms with E-state index in [-0.39, 0.29) is 17.6 Å². The van der Waals surface area contributed by atoms with Gasteiger partial charge in [-0.1, -0.05) is 0 Å². The van der Waals surface area contributed by atoms with Gasteiger partial charge in [-0.2, -0.15) is 0 Å². The van der Waals surface area contributed by atoms with Crippen LogP contribution in [0, 0.1) is 5.92 Å². The lowest BCUT2D eigenvalue weighted by atomic mass is 10.0. The molecular formula is C15H16ClNO2. The molecule has 0 saturated heterocycles. The largest absolute Gasteiger partial charge is 0.312 e. The predicted molar refractivity (Wildman–Crippen MR) is 74.9 cm³/mol. The number of hydrogen-bond donors (Lipinski definition) is 0. The van der Waals surface area contributed by atoms with Crippen molar-refractivity contribution in [2.45, 2.75) is 31.6 Å². The van der Waals surface area contributed by atoms with Gasteiger partial charge < -0.3 is 4.90 Å². The normalized spacial score (nSPS) is 19.2. The minimum Gasteiger partial charge on any atom is -0.312 e. The monoisotopic (exact) mass is 277 g/mol. The quantitative estimate of drug-likeness (QED) is 0.629. The fourth-order valence-corrected chi connectivity index (χ4v) is 2.69. The third-order valence-electron chi connectivity index (χ3n) is 3.81. The summed E-state index contributed by atoms with van der Waals surface area (Å²) in [5.41, 5.74) is 2.69. The maximum atomic E-state index is 12.1. The molecule has 1 heterocycles. The summed E-state index contributed by atoms with van der Waals surface area (Å²) in [7, 11) is 0. The molecule has 1 amide bonds. The van der Waals surface area contributed by atoms with Gasteiger partial charge in [-0.3, -0.25) is 9.59 Å². The molecule has 1 atom stereocenters. The zero-order chi connectivity index (χ0) is 13.6. The topological polar surface area (TPSA) is 37.4 Å². The highest BCUT2D eigenvalue weighted by atomic mass is 35.5. The standard InChI is InChI=1S/C15H16ClNO2/c1-9(16)14(18)12-4-5-13-11(8-12)6-7-17(13)15(19)10-2-3-10/h4-5,8-10H,2-3,6-7H2,1H3. The highest BCUT2D eigenvalue weighted by Gasteiger charge is 2.36. The molecule has 4 heteroatoms. The lowest BCUT2D eigenvalue weighted by Gasteiger charge is -2.17. The first-order valence-corrected chi connectivity index (χ1v) is 7.14. The number of carbonyl (C=O) groups is 2. The van der Waals surface area contributed by atoms with Crippen molar-refractivity contribution in [3.8, 4) is 0 Å². The Morgan fingerprint density at radius 3 is 2.74 bits per heavy atom. The first kappa shape index (κ1) is 12.7. The zero-order valence-corrected chi connectivity index (χ0v) is 11.6. The van der Waals surface area contributed by atoms with Crippen LogP contribution < -0.4 is 4.90 Å². The number of Topliss-reactive ketones (excluding diaryl/α,β-unsaturated/α-hetero) is 1. The first-order valence-electron chi connectivity index (χ1n) is 6.70. The van der Waals surface area contributed by atoms with E-state index in [4.69, 9.17) is 11.6 Å². The van der Waals surface area contributed by atoms with Gasteiger partial charge in [-0.15, -0.1) is 11.6 Å². The molecule has 1 aliphatic heterocycles. The van der Waals surface area contributed by atoms with Crippen molar-refractivity contribution in [2.24, 2.45) is 5.92 Å². The number of carbonyl (C=O) groups excluding carboxylic acids is 2. The molecule has 2 aliphatic rings. The molecule has 1 unspecified atom stereocenters. The Balaban J connectivity index is 1.87. The Labute approximate surface area is 117 Å².